The lowest BCUT2D eigenvalue weighted by molar-refractivity contribution is -0.189. The molecular formula is C49H70N2O9. The molecule has 0 radical (unpaired) electrons. The van der Waals surface area contributed by atoms with Crippen molar-refractivity contribution in [2.45, 2.75) is 186 Å². The standard InChI is InChI=1S/C49H70N2O9/c1-3-5-6-7-8-9-10-11-12-13-14-15-16-20-25-30-57-35-39(34-52)59-44(53)28-21-18-17-19-22-29-45(54)60-49(4-2)41-32-43-46-38(31-37-26-23-24-27-42(37)50-46)33-51(43)47(55)40(41)36-58-48(49)56/h23-24,26-27,31-32,39,52H,3-22,25,28-30,33-36H2,1-2H3/t39?,49-/m0/s1. The number of hydrogen-bond acceptors (Lipinski definition) is 10. The molecule has 1 unspecified atom stereocenters. The predicted molar refractivity (Wildman–Crippen MR) is 233 cm³/mol. The lowest BCUT2D eigenvalue weighted by Gasteiger charge is -2.35. The van der Waals surface area contributed by atoms with Gasteiger partial charge in [-0.15, -0.1) is 0 Å². The lowest BCUT2D eigenvalue weighted by Crippen LogP contribution is -2.47. The molecule has 0 amide bonds. The van der Waals surface area contributed by atoms with Crippen LogP contribution >= 0.6 is 0 Å². The van der Waals surface area contributed by atoms with Crippen LogP contribution in [0.2, 0.25) is 0 Å². The average molecular weight is 831 g/mol. The zero-order chi connectivity index (χ0) is 42.6. The Morgan fingerprint density at radius 2 is 1.40 bits per heavy atom. The van der Waals surface area contributed by atoms with E-state index in [9.17, 15) is 24.3 Å². The molecule has 0 fully saturated rings. The summed E-state index contributed by atoms with van der Waals surface area (Å²) in [4.78, 5) is 57.6. The molecular weight excluding hydrogens is 761 g/mol. The van der Waals surface area contributed by atoms with E-state index < -0.39 is 23.6 Å². The van der Waals surface area contributed by atoms with E-state index in [4.69, 9.17) is 23.9 Å². The van der Waals surface area contributed by atoms with Crippen molar-refractivity contribution in [3.8, 4) is 11.4 Å². The van der Waals surface area contributed by atoms with Crippen molar-refractivity contribution in [2.75, 3.05) is 19.8 Å². The van der Waals surface area contributed by atoms with E-state index in [0.717, 1.165) is 48.6 Å². The van der Waals surface area contributed by atoms with Crippen LogP contribution in [0.25, 0.3) is 22.3 Å². The van der Waals surface area contributed by atoms with Crippen LogP contribution in [0.15, 0.2) is 41.2 Å². The van der Waals surface area contributed by atoms with E-state index >= 15 is 0 Å². The second-order valence-corrected chi connectivity index (χ2v) is 16.8. The van der Waals surface area contributed by atoms with Gasteiger partial charge in [0.1, 0.15) is 12.7 Å². The van der Waals surface area contributed by atoms with Gasteiger partial charge in [0.05, 0.1) is 42.2 Å². The van der Waals surface area contributed by atoms with Gasteiger partial charge in [-0.2, -0.15) is 0 Å². The van der Waals surface area contributed by atoms with E-state index in [1.54, 1.807) is 17.6 Å². The summed E-state index contributed by atoms with van der Waals surface area (Å²) >= 11 is 0. The molecule has 11 nitrogen and oxygen atoms in total. The number of esters is 3. The third kappa shape index (κ3) is 13.2. The van der Waals surface area contributed by atoms with E-state index in [2.05, 4.69) is 6.92 Å². The van der Waals surface area contributed by atoms with E-state index in [0.29, 0.717) is 48.5 Å². The van der Waals surface area contributed by atoms with Gasteiger partial charge in [-0.1, -0.05) is 141 Å². The van der Waals surface area contributed by atoms with Crippen LogP contribution in [0.4, 0.5) is 0 Å². The molecule has 0 spiro atoms. The normalized spacial score (nSPS) is 15.9. The highest BCUT2D eigenvalue weighted by Crippen LogP contribution is 2.41. The molecule has 2 aliphatic heterocycles. The van der Waals surface area contributed by atoms with Crippen molar-refractivity contribution in [1.82, 2.24) is 9.55 Å². The smallest absolute Gasteiger partial charge is 0.355 e. The van der Waals surface area contributed by atoms with Gasteiger partial charge in [0.2, 0.25) is 5.60 Å². The maximum absolute atomic E-state index is 13.8. The zero-order valence-electron chi connectivity index (χ0n) is 36.4. The third-order valence-electron chi connectivity index (χ3n) is 12.1. The van der Waals surface area contributed by atoms with Crippen LogP contribution in [-0.4, -0.2) is 58.5 Å². The minimum Gasteiger partial charge on any atom is -0.457 e. The van der Waals surface area contributed by atoms with Crippen LogP contribution in [-0.2, 0) is 52.1 Å². The largest absolute Gasteiger partial charge is 0.457 e. The third-order valence-corrected chi connectivity index (χ3v) is 12.1. The maximum atomic E-state index is 13.8. The molecule has 5 rings (SSSR count). The molecule has 2 atom stereocenters. The second kappa shape index (κ2) is 25.0. The van der Waals surface area contributed by atoms with Gasteiger partial charge in [-0.3, -0.25) is 14.4 Å². The molecule has 60 heavy (non-hydrogen) atoms. The maximum Gasteiger partial charge on any atom is 0.355 e. The van der Waals surface area contributed by atoms with Gasteiger partial charge >= 0.3 is 17.9 Å². The van der Waals surface area contributed by atoms with Gasteiger partial charge < -0.3 is 28.6 Å². The molecule has 0 saturated heterocycles. The summed E-state index contributed by atoms with van der Waals surface area (Å²) in [5.74, 6) is -1.56. The Morgan fingerprint density at radius 1 is 0.800 bits per heavy atom. The van der Waals surface area contributed by atoms with Crippen LogP contribution in [0.5, 0.6) is 0 Å². The molecule has 0 bridgehead atoms. The summed E-state index contributed by atoms with van der Waals surface area (Å²) in [5.41, 5.74) is 1.68. The number of aliphatic hydroxyl groups excluding tert-OH is 1. The van der Waals surface area contributed by atoms with Gasteiger partial charge in [-0.05, 0) is 43.9 Å². The number of carbonyl (C=O) groups excluding carboxylic acids is 3. The number of rotatable bonds is 30. The number of hydrogen-bond donors (Lipinski definition) is 1. The molecule has 330 valence electrons. The number of nitrogens with zero attached hydrogens (tertiary/aromatic N) is 2. The first-order valence-electron chi connectivity index (χ1n) is 23.2. The van der Waals surface area contributed by atoms with Gasteiger partial charge in [0.25, 0.3) is 5.56 Å². The summed E-state index contributed by atoms with van der Waals surface area (Å²) in [6.45, 7) is 4.72. The number of pyridine rings is 2. The van der Waals surface area contributed by atoms with Gasteiger partial charge in [0.15, 0.2) is 0 Å². The topological polar surface area (TPSA) is 143 Å². The summed E-state index contributed by atoms with van der Waals surface area (Å²) in [6.07, 6.45) is 23.0. The Morgan fingerprint density at radius 3 is 2.03 bits per heavy atom. The molecule has 11 heteroatoms. The van der Waals surface area contributed by atoms with Crippen molar-refractivity contribution in [2.24, 2.45) is 0 Å². The molecule has 3 aromatic rings. The number of cyclic esters (lactones) is 1. The molecule has 2 aromatic heterocycles. The van der Waals surface area contributed by atoms with Crippen molar-refractivity contribution < 1.29 is 38.4 Å². The van der Waals surface area contributed by atoms with Crippen molar-refractivity contribution in [3.05, 3.63) is 63.4 Å². The number of ether oxygens (including phenoxy) is 4. The fourth-order valence-electron chi connectivity index (χ4n) is 8.56. The Kier molecular flexibility index (Phi) is 19.6. The molecule has 0 saturated carbocycles. The Bertz CT molecular complexity index is 1890. The lowest BCUT2D eigenvalue weighted by atomic mass is 9.85. The van der Waals surface area contributed by atoms with E-state index in [-0.39, 0.29) is 50.6 Å². The summed E-state index contributed by atoms with van der Waals surface area (Å²) in [5, 5.41) is 10.7. The molecule has 1 N–H and O–H groups in total. The summed E-state index contributed by atoms with van der Waals surface area (Å²) in [7, 11) is 0. The number of carbonyl (C=O) groups is 3. The molecule has 1 aromatic carbocycles. The molecule has 2 aliphatic rings. The Labute approximate surface area is 356 Å². The van der Waals surface area contributed by atoms with Crippen LogP contribution in [0, 0.1) is 0 Å². The minimum atomic E-state index is -1.72. The first-order valence-corrected chi connectivity index (χ1v) is 23.2. The summed E-state index contributed by atoms with van der Waals surface area (Å²) < 4.78 is 24.2. The van der Waals surface area contributed by atoms with E-state index in [1.165, 1.54) is 83.5 Å². The number of fused-ring (bicyclic) bond motifs is 5. The van der Waals surface area contributed by atoms with Crippen molar-refractivity contribution in [1.29, 1.82) is 0 Å². The number of aromatic nitrogens is 2. The first-order chi connectivity index (χ1) is 29.3. The molecule has 0 aliphatic carbocycles. The van der Waals surface area contributed by atoms with Crippen molar-refractivity contribution >= 4 is 28.8 Å². The van der Waals surface area contributed by atoms with Crippen LogP contribution in [0.3, 0.4) is 0 Å². The number of para-hydroxylation sites is 1. The fourth-order valence-corrected chi connectivity index (χ4v) is 8.56. The van der Waals surface area contributed by atoms with Gasteiger partial charge in [-0.25, -0.2) is 9.78 Å². The average Bonchev–Trinajstić information content (AvgIpc) is 3.61. The van der Waals surface area contributed by atoms with Crippen LogP contribution < -0.4 is 5.56 Å². The Hall–Kier alpha value is -4.09. The highest BCUT2D eigenvalue weighted by molar-refractivity contribution is 5.88. The monoisotopic (exact) mass is 831 g/mol. The quantitative estimate of drug-likeness (QED) is 0.0306. The predicted octanol–water partition coefficient (Wildman–Crippen LogP) is 10.2. The Balaban J connectivity index is 0.925. The SMILES string of the molecule is CCCCCCCCCCCCCCCCCOCC(CO)OC(=O)CCCCCCCC(=O)O[C@]1(CC)C(=O)OCc2c1cc1n(c2=O)Cc2cc3ccccc3nc2-1. The van der Waals surface area contributed by atoms with Gasteiger partial charge in [0, 0.05) is 36.0 Å². The highest BCUT2D eigenvalue weighted by Gasteiger charge is 2.50. The first kappa shape index (κ1) is 47.0. The molecule has 4 heterocycles. The number of aliphatic hydroxyl groups is 1. The van der Waals surface area contributed by atoms with Crippen molar-refractivity contribution in [3.63, 3.8) is 0 Å². The summed E-state index contributed by atoms with van der Waals surface area (Å²) in [6, 6.07) is 11.6. The highest BCUT2D eigenvalue weighted by atomic mass is 16.6. The van der Waals surface area contributed by atoms with Crippen LogP contribution in [0.1, 0.15) is 178 Å². The second-order valence-electron chi connectivity index (χ2n) is 16.8. The number of benzene rings is 1. The van der Waals surface area contributed by atoms with E-state index in [1.807, 2.05) is 30.3 Å². The zero-order valence-corrected chi connectivity index (χ0v) is 36.4. The minimum absolute atomic E-state index is 0.101. The number of unbranched alkanes of at least 4 members (excludes halogenated alkanes) is 18. The fraction of sp³-hybridized carbons (Fsp3) is 0.653.